The average Bonchev–Trinajstić information content (AvgIpc) is 3.09. The van der Waals surface area contributed by atoms with Gasteiger partial charge in [-0.25, -0.2) is 8.42 Å². The molecule has 0 atom stereocenters. The van der Waals surface area contributed by atoms with Crippen LogP contribution in [0.1, 0.15) is 18.9 Å². The second-order valence-electron chi connectivity index (χ2n) is 5.56. The number of aryl methyl sites for hydroxylation is 1. The van der Waals surface area contributed by atoms with Crippen LogP contribution in [0.25, 0.3) is 11.0 Å². The Morgan fingerprint density at radius 1 is 1.16 bits per heavy atom. The molecule has 0 saturated carbocycles. The van der Waals surface area contributed by atoms with Gasteiger partial charge in [0.1, 0.15) is 11.0 Å². The third-order valence-electron chi connectivity index (χ3n) is 3.80. The fraction of sp³-hybridized carbons (Fsp3) is 0.235. The summed E-state index contributed by atoms with van der Waals surface area (Å²) in [5.41, 5.74) is 2.69. The SMILES string of the molecule is CCc1cccc(NC(=O)CCS(=O)(=O)c2cccc3nsnc23)c1. The fourth-order valence-electron chi connectivity index (χ4n) is 2.46. The number of nitrogens with zero attached hydrogens (tertiary/aromatic N) is 2. The number of rotatable bonds is 6. The normalized spacial score (nSPS) is 11.6. The van der Waals surface area contributed by atoms with Crippen LogP contribution in [0.2, 0.25) is 0 Å². The smallest absolute Gasteiger partial charge is 0.225 e. The number of carbonyl (C=O) groups excluding carboxylic acids is 1. The van der Waals surface area contributed by atoms with Gasteiger partial charge in [-0.2, -0.15) is 8.75 Å². The number of nitrogens with one attached hydrogen (secondary N) is 1. The summed E-state index contributed by atoms with van der Waals surface area (Å²) in [5, 5.41) is 2.74. The van der Waals surface area contributed by atoms with Gasteiger partial charge in [0.15, 0.2) is 9.84 Å². The standard InChI is InChI=1S/C17H17N3O3S2/c1-2-12-5-3-6-13(11-12)18-16(21)9-10-25(22,23)15-8-4-7-14-17(15)20-24-19-14/h3-8,11H,2,9-10H2,1H3,(H,18,21). The average molecular weight is 375 g/mol. The monoisotopic (exact) mass is 375 g/mol. The Bertz CT molecular complexity index is 1010. The van der Waals surface area contributed by atoms with E-state index in [4.69, 9.17) is 0 Å². The summed E-state index contributed by atoms with van der Waals surface area (Å²) in [7, 11) is -3.61. The largest absolute Gasteiger partial charge is 0.326 e. The van der Waals surface area contributed by atoms with E-state index in [0.717, 1.165) is 23.7 Å². The van der Waals surface area contributed by atoms with E-state index in [-0.39, 0.29) is 23.0 Å². The Labute approximate surface area is 150 Å². The maximum atomic E-state index is 12.6. The number of aromatic nitrogens is 2. The van der Waals surface area contributed by atoms with Crippen molar-refractivity contribution in [3.8, 4) is 0 Å². The molecule has 1 amide bonds. The van der Waals surface area contributed by atoms with E-state index in [1.165, 1.54) is 6.07 Å². The molecule has 0 fully saturated rings. The van der Waals surface area contributed by atoms with Crippen LogP contribution in [0.3, 0.4) is 0 Å². The molecule has 0 aliphatic heterocycles. The highest BCUT2D eigenvalue weighted by Crippen LogP contribution is 2.22. The van der Waals surface area contributed by atoms with Gasteiger partial charge >= 0.3 is 0 Å². The van der Waals surface area contributed by atoms with Gasteiger partial charge in [-0.3, -0.25) is 4.79 Å². The molecule has 0 aliphatic carbocycles. The Balaban J connectivity index is 1.69. The Kier molecular flexibility index (Phi) is 5.10. The molecule has 130 valence electrons. The maximum Gasteiger partial charge on any atom is 0.225 e. The van der Waals surface area contributed by atoms with Gasteiger partial charge in [-0.1, -0.05) is 25.1 Å². The quantitative estimate of drug-likeness (QED) is 0.715. The highest BCUT2D eigenvalue weighted by Gasteiger charge is 2.21. The van der Waals surface area contributed by atoms with Crippen molar-refractivity contribution in [2.24, 2.45) is 0 Å². The zero-order chi connectivity index (χ0) is 17.9. The summed E-state index contributed by atoms with van der Waals surface area (Å²) < 4.78 is 33.2. The van der Waals surface area contributed by atoms with Crippen molar-refractivity contribution in [3.05, 3.63) is 48.0 Å². The van der Waals surface area contributed by atoms with Crippen LogP contribution in [0.15, 0.2) is 47.4 Å². The van der Waals surface area contributed by atoms with E-state index in [1.807, 2.05) is 25.1 Å². The van der Waals surface area contributed by atoms with Crippen molar-refractivity contribution in [1.29, 1.82) is 0 Å². The van der Waals surface area contributed by atoms with E-state index >= 15 is 0 Å². The lowest BCUT2D eigenvalue weighted by Gasteiger charge is -2.08. The summed E-state index contributed by atoms with van der Waals surface area (Å²) in [5.74, 6) is -0.608. The van der Waals surface area contributed by atoms with E-state index in [0.29, 0.717) is 16.7 Å². The van der Waals surface area contributed by atoms with Gasteiger partial charge in [-0.05, 0) is 36.2 Å². The van der Waals surface area contributed by atoms with Crippen LogP contribution in [0.4, 0.5) is 5.69 Å². The highest BCUT2D eigenvalue weighted by atomic mass is 32.2. The number of benzene rings is 2. The summed E-state index contributed by atoms with van der Waals surface area (Å²) in [4.78, 5) is 12.2. The molecule has 2 aromatic carbocycles. The second kappa shape index (κ2) is 7.28. The number of hydrogen-bond acceptors (Lipinski definition) is 6. The first-order valence-corrected chi connectivity index (χ1v) is 10.2. The Hall–Kier alpha value is -2.32. The molecule has 0 spiro atoms. The number of fused-ring (bicyclic) bond motifs is 1. The molecule has 0 aliphatic rings. The zero-order valence-electron chi connectivity index (χ0n) is 13.6. The van der Waals surface area contributed by atoms with Crippen molar-refractivity contribution in [3.63, 3.8) is 0 Å². The third-order valence-corrected chi connectivity index (χ3v) is 6.08. The molecule has 0 bridgehead atoms. The summed E-state index contributed by atoms with van der Waals surface area (Å²) in [6.07, 6.45) is 0.746. The Morgan fingerprint density at radius 3 is 2.76 bits per heavy atom. The van der Waals surface area contributed by atoms with Crippen LogP contribution in [-0.2, 0) is 21.1 Å². The lowest BCUT2D eigenvalue weighted by atomic mass is 10.1. The first-order valence-electron chi connectivity index (χ1n) is 7.82. The molecule has 1 aromatic heterocycles. The number of hydrogen-bond donors (Lipinski definition) is 1. The van der Waals surface area contributed by atoms with E-state index in [9.17, 15) is 13.2 Å². The lowest BCUT2D eigenvalue weighted by molar-refractivity contribution is -0.115. The molecule has 1 N–H and O–H groups in total. The van der Waals surface area contributed by atoms with Crippen molar-refractivity contribution in [2.45, 2.75) is 24.7 Å². The molecule has 8 heteroatoms. The third kappa shape index (κ3) is 4.02. The van der Waals surface area contributed by atoms with E-state index in [2.05, 4.69) is 14.1 Å². The topological polar surface area (TPSA) is 89.0 Å². The minimum absolute atomic E-state index is 0.118. The molecular formula is C17H17N3O3S2. The molecule has 25 heavy (non-hydrogen) atoms. The molecule has 3 rings (SSSR count). The lowest BCUT2D eigenvalue weighted by Crippen LogP contribution is -2.17. The minimum Gasteiger partial charge on any atom is -0.326 e. The van der Waals surface area contributed by atoms with Crippen LogP contribution in [0.5, 0.6) is 0 Å². The Morgan fingerprint density at radius 2 is 1.96 bits per heavy atom. The molecule has 3 aromatic rings. The molecular weight excluding hydrogens is 358 g/mol. The van der Waals surface area contributed by atoms with Gasteiger partial charge < -0.3 is 5.32 Å². The van der Waals surface area contributed by atoms with Crippen LogP contribution in [-0.4, -0.2) is 28.8 Å². The van der Waals surface area contributed by atoms with Crippen LogP contribution < -0.4 is 5.32 Å². The summed E-state index contributed by atoms with van der Waals surface area (Å²) in [6, 6.07) is 12.4. The van der Waals surface area contributed by atoms with Gasteiger partial charge in [0.25, 0.3) is 0 Å². The van der Waals surface area contributed by atoms with Gasteiger partial charge in [-0.15, -0.1) is 0 Å². The van der Waals surface area contributed by atoms with E-state index in [1.54, 1.807) is 18.2 Å². The molecule has 1 heterocycles. The zero-order valence-corrected chi connectivity index (χ0v) is 15.2. The second-order valence-corrected chi connectivity index (χ2v) is 8.17. The molecule has 0 radical (unpaired) electrons. The van der Waals surface area contributed by atoms with Gasteiger partial charge in [0.2, 0.25) is 5.91 Å². The molecule has 0 saturated heterocycles. The van der Waals surface area contributed by atoms with Crippen molar-refractivity contribution >= 4 is 44.2 Å². The maximum absolute atomic E-state index is 12.6. The van der Waals surface area contributed by atoms with Gasteiger partial charge in [0.05, 0.1) is 22.4 Å². The van der Waals surface area contributed by atoms with Gasteiger partial charge in [0, 0.05) is 12.1 Å². The van der Waals surface area contributed by atoms with Crippen LogP contribution >= 0.6 is 11.7 Å². The van der Waals surface area contributed by atoms with E-state index < -0.39 is 9.84 Å². The van der Waals surface area contributed by atoms with Crippen molar-refractivity contribution in [2.75, 3.05) is 11.1 Å². The van der Waals surface area contributed by atoms with Crippen LogP contribution in [0, 0.1) is 0 Å². The molecule has 6 nitrogen and oxygen atoms in total. The summed E-state index contributed by atoms with van der Waals surface area (Å²) >= 11 is 0.969. The van der Waals surface area contributed by atoms with Crippen molar-refractivity contribution < 1.29 is 13.2 Å². The van der Waals surface area contributed by atoms with Crippen molar-refractivity contribution in [1.82, 2.24) is 8.75 Å². The minimum atomic E-state index is -3.61. The molecule has 0 unspecified atom stereocenters. The fourth-order valence-corrected chi connectivity index (χ4v) is 4.47. The first kappa shape index (κ1) is 17.5. The number of anilines is 1. The first-order chi connectivity index (χ1) is 12.0. The number of carbonyl (C=O) groups is 1. The number of amides is 1. The summed E-state index contributed by atoms with van der Waals surface area (Å²) in [6.45, 7) is 2.03. The number of sulfone groups is 1. The predicted octanol–water partition coefficient (Wildman–Crippen LogP) is 3.06. The predicted molar refractivity (Wildman–Crippen MR) is 98.5 cm³/mol. The highest BCUT2D eigenvalue weighted by molar-refractivity contribution is 7.91.